The van der Waals surface area contributed by atoms with E-state index in [0.29, 0.717) is 11.3 Å². The molecule has 0 aromatic carbocycles. The van der Waals surface area contributed by atoms with Gasteiger partial charge in [-0.2, -0.15) is 0 Å². The predicted octanol–water partition coefficient (Wildman–Crippen LogP) is 5.20. The van der Waals surface area contributed by atoms with Gasteiger partial charge < -0.3 is 9.84 Å². The van der Waals surface area contributed by atoms with E-state index in [-0.39, 0.29) is 30.3 Å². The summed E-state index contributed by atoms with van der Waals surface area (Å²) < 4.78 is 5.84. The molecular weight excluding hydrogens is 340 g/mol. The smallest absolute Gasteiger partial charge is 0.306 e. The van der Waals surface area contributed by atoms with E-state index in [1.165, 1.54) is 51.4 Å². The van der Waals surface area contributed by atoms with E-state index in [0.717, 1.165) is 30.6 Å². The second kappa shape index (κ2) is 7.08. The molecule has 4 rings (SSSR count). The molecule has 0 aromatic rings. The third-order valence-corrected chi connectivity index (χ3v) is 9.31. The lowest BCUT2D eigenvalue weighted by atomic mass is 9.45. The maximum atomic E-state index is 12.2. The minimum Gasteiger partial charge on any atom is -0.481 e. The Balaban J connectivity index is 1.46. The van der Waals surface area contributed by atoms with Crippen molar-refractivity contribution in [3.05, 3.63) is 0 Å². The number of carboxylic acids is 1. The molecule has 0 heterocycles. The van der Waals surface area contributed by atoms with Crippen LogP contribution in [0.25, 0.3) is 0 Å². The summed E-state index contributed by atoms with van der Waals surface area (Å²) in [7, 11) is 0. The standard InChI is InChI=1S/C23H36O4/c1-22-13-4-3-5-15(22)6-7-16-17-8-9-19(23(17,2)14-12-18(16)22)27-21(26)11-10-20(24)25/h15-19H,3-14H2,1-2H3,(H,24,25)/t15?,16?,17?,18?,19-,22-,23-/m1/s1. The SMILES string of the molecule is C[C@@]12CCCCC1CCC1C2CC[C@]2(C)C1CC[C@H]2OC(=O)CCC(=O)O. The number of rotatable bonds is 4. The van der Waals surface area contributed by atoms with E-state index in [9.17, 15) is 9.59 Å². The first-order chi connectivity index (χ1) is 12.8. The highest BCUT2D eigenvalue weighted by Gasteiger charge is 2.60. The molecule has 4 nitrogen and oxygen atoms in total. The summed E-state index contributed by atoms with van der Waals surface area (Å²) in [4.78, 5) is 22.9. The first kappa shape index (κ1) is 19.3. The molecule has 0 aromatic heterocycles. The molecule has 4 unspecified atom stereocenters. The summed E-state index contributed by atoms with van der Waals surface area (Å²) in [5.41, 5.74) is 0.636. The fraction of sp³-hybridized carbons (Fsp3) is 0.913. The molecule has 4 heteroatoms. The van der Waals surface area contributed by atoms with Gasteiger partial charge in [-0.1, -0.05) is 26.7 Å². The van der Waals surface area contributed by atoms with E-state index >= 15 is 0 Å². The van der Waals surface area contributed by atoms with Crippen LogP contribution in [-0.2, 0) is 14.3 Å². The minimum atomic E-state index is -0.930. The van der Waals surface area contributed by atoms with E-state index in [1.54, 1.807) is 0 Å². The molecule has 0 radical (unpaired) electrons. The quantitative estimate of drug-likeness (QED) is 0.685. The number of hydrogen-bond donors (Lipinski definition) is 1. The molecule has 4 aliphatic rings. The van der Waals surface area contributed by atoms with Gasteiger partial charge in [0.05, 0.1) is 12.8 Å². The topological polar surface area (TPSA) is 63.6 Å². The molecule has 0 aliphatic heterocycles. The summed E-state index contributed by atoms with van der Waals surface area (Å²) in [6.45, 7) is 4.94. The molecule has 0 amide bonds. The Morgan fingerprint density at radius 1 is 0.889 bits per heavy atom. The Labute approximate surface area is 163 Å². The van der Waals surface area contributed by atoms with E-state index in [2.05, 4.69) is 13.8 Å². The van der Waals surface area contributed by atoms with Crippen molar-refractivity contribution in [2.45, 2.75) is 97.0 Å². The van der Waals surface area contributed by atoms with Gasteiger partial charge in [-0.05, 0) is 80.5 Å². The Hall–Kier alpha value is -1.06. The van der Waals surface area contributed by atoms with E-state index in [1.807, 2.05) is 0 Å². The number of carboxylic acid groups (broad SMARTS) is 1. The zero-order valence-corrected chi connectivity index (χ0v) is 17.0. The third kappa shape index (κ3) is 3.21. The van der Waals surface area contributed by atoms with Crippen LogP contribution in [0.15, 0.2) is 0 Å². The number of esters is 1. The fourth-order valence-corrected chi connectivity index (χ4v) is 7.87. The van der Waals surface area contributed by atoms with Crippen molar-refractivity contribution in [3.8, 4) is 0 Å². The van der Waals surface area contributed by atoms with Gasteiger partial charge in [0.2, 0.25) is 0 Å². The number of hydrogen-bond acceptors (Lipinski definition) is 3. The van der Waals surface area contributed by atoms with Gasteiger partial charge in [-0.25, -0.2) is 0 Å². The van der Waals surface area contributed by atoms with Crippen molar-refractivity contribution in [2.24, 2.45) is 34.5 Å². The summed E-state index contributed by atoms with van der Waals surface area (Å²) in [6.07, 6.45) is 12.9. The van der Waals surface area contributed by atoms with Crippen LogP contribution in [0.2, 0.25) is 0 Å². The van der Waals surface area contributed by atoms with Crippen LogP contribution in [0.1, 0.15) is 90.9 Å². The molecule has 4 saturated carbocycles. The van der Waals surface area contributed by atoms with Gasteiger partial charge in [0.15, 0.2) is 0 Å². The number of ether oxygens (including phenoxy) is 1. The number of carbonyl (C=O) groups excluding carboxylic acids is 1. The highest BCUT2D eigenvalue weighted by molar-refractivity contribution is 5.76. The number of aliphatic carboxylic acids is 1. The molecule has 7 atom stereocenters. The molecule has 1 N–H and O–H groups in total. The predicted molar refractivity (Wildman–Crippen MR) is 103 cm³/mol. The van der Waals surface area contributed by atoms with Crippen LogP contribution in [0.5, 0.6) is 0 Å². The Morgan fingerprint density at radius 3 is 2.44 bits per heavy atom. The van der Waals surface area contributed by atoms with Crippen molar-refractivity contribution in [1.82, 2.24) is 0 Å². The second-order valence-corrected chi connectivity index (χ2v) is 10.4. The Bertz CT molecular complexity index is 601. The summed E-state index contributed by atoms with van der Waals surface area (Å²) in [6, 6.07) is 0. The maximum Gasteiger partial charge on any atom is 0.306 e. The first-order valence-corrected chi connectivity index (χ1v) is 11.3. The zero-order valence-electron chi connectivity index (χ0n) is 17.0. The Morgan fingerprint density at radius 2 is 1.67 bits per heavy atom. The lowest BCUT2D eigenvalue weighted by Gasteiger charge is -2.60. The van der Waals surface area contributed by atoms with Crippen LogP contribution in [0.3, 0.4) is 0 Å². The van der Waals surface area contributed by atoms with E-state index in [4.69, 9.17) is 9.84 Å². The lowest BCUT2D eigenvalue weighted by Crippen LogP contribution is -2.53. The highest BCUT2D eigenvalue weighted by atomic mass is 16.5. The molecule has 152 valence electrons. The molecule has 0 bridgehead atoms. The van der Waals surface area contributed by atoms with Gasteiger partial charge in [0.1, 0.15) is 6.10 Å². The van der Waals surface area contributed by atoms with Gasteiger partial charge in [0, 0.05) is 5.41 Å². The minimum absolute atomic E-state index is 0.00160. The molecule has 0 saturated heterocycles. The van der Waals surface area contributed by atoms with Gasteiger partial charge in [0.25, 0.3) is 0 Å². The van der Waals surface area contributed by atoms with E-state index < -0.39 is 5.97 Å². The third-order valence-electron chi connectivity index (χ3n) is 9.31. The van der Waals surface area contributed by atoms with Crippen molar-refractivity contribution < 1.29 is 19.4 Å². The largest absolute Gasteiger partial charge is 0.481 e. The molecule has 4 fully saturated rings. The van der Waals surface area contributed by atoms with Crippen LogP contribution in [0.4, 0.5) is 0 Å². The average molecular weight is 377 g/mol. The molecular formula is C23H36O4. The van der Waals surface area contributed by atoms with Crippen molar-refractivity contribution in [1.29, 1.82) is 0 Å². The fourth-order valence-electron chi connectivity index (χ4n) is 7.87. The first-order valence-electron chi connectivity index (χ1n) is 11.3. The lowest BCUT2D eigenvalue weighted by molar-refractivity contribution is -0.164. The van der Waals surface area contributed by atoms with Crippen molar-refractivity contribution in [2.75, 3.05) is 0 Å². The van der Waals surface area contributed by atoms with Crippen LogP contribution in [-0.4, -0.2) is 23.1 Å². The van der Waals surface area contributed by atoms with Crippen LogP contribution < -0.4 is 0 Å². The average Bonchev–Trinajstić information content (AvgIpc) is 2.96. The van der Waals surface area contributed by atoms with Gasteiger partial charge in [-0.15, -0.1) is 0 Å². The molecule has 4 aliphatic carbocycles. The van der Waals surface area contributed by atoms with Crippen molar-refractivity contribution in [3.63, 3.8) is 0 Å². The maximum absolute atomic E-state index is 12.2. The summed E-state index contributed by atoms with van der Waals surface area (Å²) in [5, 5.41) is 8.80. The second-order valence-electron chi connectivity index (χ2n) is 10.4. The molecule has 27 heavy (non-hydrogen) atoms. The highest BCUT2D eigenvalue weighted by Crippen LogP contribution is 2.66. The van der Waals surface area contributed by atoms with Gasteiger partial charge in [-0.3, -0.25) is 9.59 Å². The number of fused-ring (bicyclic) bond motifs is 5. The summed E-state index contributed by atoms with van der Waals surface area (Å²) >= 11 is 0. The van der Waals surface area contributed by atoms with Crippen molar-refractivity contribution >= 4 is 11.9 Å². The zero-order chi connectivity index (χ0) is 19.2. The normalized spacial score (nSPS) is 46.1. The van der Waals surface area contributed by atoms with Gasteiger partial charge >= 0.3 is 11.9 Å². The monoisotopic (exact) mass is 376 g/mol. The number of carbonyl (C=O) groups is 2. The Kier molecular flexibility index (Phi) is 5.05. The summed E-state index contributed by atoms with van der Waals surface area (Å²) in [5.74, 6) is 2.01. The molecule has 0 spiro atoms. The van der Waals surface area contributed by atoms with Crippen LogP contribution in [0, 0.1) is 34.5 Å². The van der Waals surface area contributed by atoms with Crippen LogP contribution >= 0.6 is 0 Å².